The van der Waals surface area contributed by atoms with Gasteiger partial charge in [0, 0.05) is 0 Å². The average Bonchev–Trinajstić information content (AvgIpc) is 2.68. The van der Waals surface area contributed by atoms with E-state index in [1.807, 2.05) is 12.1 Å². The lowest BCUT2D eigenvalue weighted by Crippen LogP contribution is -2.13. The van der Waals surface area contributed by atoms with Crippen LogP contribution in [0, 0.1) is 23.4 Å². The molecule has 1 aliphatic carbocycles. The molecule has 2 aromatic rings. The maximum absolute atomic E-state index is 13.5. The summed E-state index contributed by atoms with van der Waals surface area (Å²) in [5.41, 5.74) is 1.79. The number of benzene rings is 2. The number of halogens is 3. The van der Waals surface area contributed by atoms with Crippen LogP contribution in [-0.4, -0.2) is 5.26 Å². The molecular weight excluding hydrogens is 353 g/mol. The first-order chi connectivity index (χ1) is 13.0. The summed E-state index contributed by atoms with van der Waals surface area (Å²) in [5.74, 6) is -2.81. The van der Waals surface area contributed by atoms with Gasteiger partial charge in [0.2, 0.25) is 0 Å². The molecule has 2 nitrogen and oxygen atoms in total. The summed E-state index contributed by atoms with van der Waals surface area (Å²) in [4.78, 5) is 4.44. The van der Waals surface area contributed by atoms with Gasteiger partial charge in [0.25, 0.3) is 0 Å². The highest BCUT2D eigenvalue weighted by atomic mass is 19.2. The molecule has 5 heteroatoms. The summed E-state index contributed by atoms with van der Waals surface area (Å²) < 4.78 is 40.1. The van der Waals surface area contributed by atoms with E-state index < -0.39 is 23.6 Å². The highest BCUT2D eigenvalue weighted by Gasteiger charge is 2.23. The standard InChI is InChI=1S/C22H25F3O2/c1-2-3-14-4-6-15(7-5-14)16-8-10-17(11-9-16)22(27-26)18-12-19(23)21(25)20(24)13-18/h8-15,22,26H,2-7H2,1H3. The molecule has 2 aromatic carbocycles. The minimum atomic E-state index is -1.54. The van der Waals surface area contributed by atoms with Gasteiger partial charge in [-0.1, -0.05) is 44.0 Å². The summed E-state index contributed by atoms with van der Waals surface area (Å²) in [6, 6.07) is 9.19. The zero-order valence-corrected chi connectivity index (χ0v) is 15.4. The molecule has 1 aliphatic rings. The van der Waals surface area contributed by atoms with Gasteiger partial charge in [-0.3, -0.25) is 5.26 Å². The van der Waals surface area contributed by atoms with E-state index in [9.17, 15) is 18.4 Å². The van der Waals surface area contributed by atoms with Crippen LogP contribution in [0.25, 0.3) is 0 Å². The lowest BCUT2D eigenvalue weighted by atomic mass is 9.77. The van der Waals surface area contributed by atoms with Crippen LogP contribution in [0.3, 0.4) is 0 Å². The van der Waals surface area contributed by atoms with Crippen LogP contribution in [0.4, 0.5) is 13.2 Å². The van der Waals surface area contributed by atoms with E-state index >= 15 is 0 Å². The summed E-state index contributed by atoms with van der Waals surface area (Å²) in [6.07, 6.45) is 6.27. The van der Waals surface area contributed by atoms with Gasteiger partial charge in [0.15, 0.2) is 17.5 Å². The first kappa shape index (κ1) is 19.9. The largest absolute Gasteiger partial charge is 0.251 e. The lowest BCUT2D eigenvalue weighted by Gasteiger charge is -2.28. The van der Waals surface area contributed by atoms with Crippen LogP contribution in [0.2, 0.25) is 0 Å². The van der Waals surface area contributed by atoms with E-state index in [0.717, 1.165) is 18.1 Å². The smallest absolute Gasteiger partial charge is 0.194 e. The van der Waals surface area contributed by atoms with Crippen molar-refractivity contribution < 1.29 is 23.3 Å². The number of rotatable bonds is 6. The normalized spacial score (nSPS) is 21.2. The molecule has 0 aliphatic heterocycles. The zero-order chi connectivity index (χ0) is 19.4. The van der Waals surface area contributed by atoms with E-state index in [0.29, 0.717) is 11.5 Å². The van der Waals surface area contributed by atoms with Crippen molar-refractivity contribution in [1.29, 1.82) is 0 Å². The highest BCUT2D eigenvalue weighted by molar-refractivity contribution is 5.34. The quantitative estimate of drug-likeness (QED) is 0.342. The van der Waals surface area contributed by atoms with E-state index in [-0.39, 0.29) is 5.56 Å². The Morgan fingerprint density at radius 3 is 2.07 bits per heavy atom. The van der Waals surface area contributed by atoms with Gasteiger partial charge in [0.1, 0.15) is 6.10 Å². The molecule has 1 saturated carbocycles. The Morgan fingerprint density at radius 2 is 1.56 bits per heavy atom. The van der Waals surface area contributed by atoms with Crippen molar-refractivity contribution in [3.8, 4) is 0 Å². The Labute approximate surface area is 157 Å². The minimum absolute atomic E-state index is 0.0155. The topological polar surface area (TPSA) is 29.5 Å². The van der Waals surface area contributed by atoms with Gasteiger partial charge in [-0.05, 0) is 66.3 Å². The van der Waals surface area contributed by atoms with Gasteiger partial charge in [-0.2, -0.15) is 0 Å². The van der Waals surface area contributed by atoms with Gasteiger partial charge >= 0.3 is 0 Å². The summed E-state index contributed by atoms with van der Waals surface area (Å²) in [6.45, 7) is 2.23. The van der Waals surface area contributed by atoms with Crippen molar-refractivity contribution in [2.24, 2.45) is 5.92 Å². The average molecular weight is 378 g/mol. The maximum Gasteiger partial charge on any atom is 0.194 e. The van der Waals surface area contributed by atoms with Crippen molar-refractivity contribution in [3.05, 3.63) is 70.5 Å². The van der Waals surface area contributed by atoms with Crippen LogP contribution >= 0.6 is 0 Å². The van der Waals surface area contributed by atoms with Gasteiger partial charge in [0.05, 0.1) is 0 Å². The minimum Gasteiger partial charge on any atom is -0.251 e. The molecule has 0 radical (unpaired) electrons. The number of hydrogen-bond donors (Lipinski definition) is 1. The Kier molecular flexibility index (Phi) is 6.55. The predicted molar refractivity (Wildman–Crippen MR) is 97.9 cm³/mol. The molecule has 27 heavy (non-hydrogen) atoms. The fraction of sp³-hybridized carbons (Fsp3) is 0.455. The maximum atomic E-state index is 13.5. The molecule has 0 saturated heterocycles. The van der Waals surface area contributed by atoms with Crippen LogP contribution < -0.4 is 0 Å². The third-order valence-corrected chi connectivity index (χ3v) is 5.67. The summed E-state index contributed by atoms with van der Waals surface area (Å²) in [7, 11) is 0. The Bertz CT molecular complexity index is 730. The molecule has 0 aromatic heterocycles. The SMILES string of the molecule is CCCC1CCC(c2ccc(C(OO)c3cc(F)c(F)c(F)c3)cc2)CC1. The first-order valence-corrected chi connectivity index (χ1v) is 9.58. The van der Waals surface area contributed by atoms with E-state index in [2.05, 4.69) is 11.8 Å². The molecule has 146 valence electrons. The lowest BCUT2D eigenvalue weighted by molar-refractivity contribution is -0.270. The molecular formula is C22H25F3O2. The molecule has 0 heterocycles. The van der Waals surface area contributed by atoms with E-state index in [1.165, 1.54) is 44.1 Å². The molecule has 3 rings (SSSR count). The molecule has 0 spiro atoms. The number of hydrogen-bond acceptors (Lipinski definition) is 2. The fourth-order valence-electron chi connectivity index (χ4n) is 4.18. The fourth-order valence-corrected chi connectivity index (χ4v) is 4.18. The van der Waals surface area contributed by atoms with Gasteiger partial charge < -0.3 is 0 Å². The molecule has 0 amide bonds. The van der Waals surface area contributed by atoms with Crippen LogP contribution in [0.1, 0.15) is 74.2 Å². The van der Waals surface area contributed by atoms with Crippen LogP contribution in [0.15, 0.2) is 36.4 Å². The molecule has 1 fully saturated rings. The Hall–Kier alpha value is -1.85. The van der Waals surface area contributed by atoms with Crippen LogP contribution in [0.5, 0.6) is 0 Å². The van der Waals surface area contributed by atoms with E-state index in [1.54, 1.807) is 12.1 Å². The second-order valence-electron chi connectivity index (χ2n) is 7.46. The summed E-state index contributed by atoms with van der Waals surface area (Å²) in [5, 5.41) is 9.24. The second kappa shape index (κ2) is 8.89. The summed E-state index contributed by atoms with van der Waals surface area (Å²) >= 11 is 0. The zero-order valence-electron chi connectivity index (χ0n) is 15.4. The predicted octanol–water partition coefficient (Wildman–Crippen LogP) is 6.76. The van der Waals surface area contributed by atoms with Crippen LogP contribution in [-0.2, 0) is 4.89 Å². The first-order valence-electron chi connectivity index (χ1n) is 9.58. The van der Waals surface area contributed by atoms with Crippen molar-refractivity contribution in [1.82, 2.24) is 0 Å². The molecule has 1 atom stereocenters. The van der Waals surface area contributed by atoms with Crippen molar-refractivity contribution in [2.45, 2.75) is 57.5 Å². The van der Waals surface area contributed by atoms with Crippen molar-refractivity contribution in [2.75, 3.05) is 0 Å². The van der Waals surface area contributed by atoms with Gasteiger partial charge in [-0.25, -0.2) is 18.1 Å². The van der Waals surface area contributed by atoms with Gasteiger partial charge in [-0.15, -0.1) is 0 Å². The molecule has 0 bridgehead atoms. The molecule has 1 N–H and O–H groups in total. The third kappa shape index (κ3) is 4.53. The van der Waals surface area contributed by atoms with Crippen molar-refractivity contribution >= 4 is 0 Å². The third-order valence-electron chi connectivity index (χ3n) is 5.67. The monoisotopic (exact) mass is 378 g/mol. The van der Waals surface area contributed by atoms with E-state index in [4.69, 9.17) is 0 Å². The second-order valence-corrected chi connectivity index (χ2v) is 7.46. The molecule has 1 unspecified atom stereocenters. The Morgan fingerprint density at radius 1 is 0.963 bits per heavy atom. The Balaban J connectivity index is 1.74. The highest BCUT2D eigenvalue weighted by Crippen LogP contribution is 2.38. The van der Waals surface area contributed by atoms with Crippen molar-refractivity contribution in [3.63, 3.8) is 0 Å².